The average Bonchev–Trinajstić information content (AvgIpc) is 3.08. The summed E-state index contributed by atoms with van der Waals surface area (Å²) in [5, 5.41) is 6.87. The Bertz CT molecular complexity index is 702. The van der Waals surface area contributed by atoms with Crippen LogP contribution in [0.15, 0.2) is 48.0 Å². The number of guanidine groups is 1. The Labute approximate surface area is 169 Å². The van der Waals surface area contributed by atoms with Crippen LogP contribution in [-0.4, -0.2) is 53.6 Å². The summed E-state index contributed by atoms with van der Waals surface area (Å²) in [6.45, 7) is 6.28. The number of hydrogen-bond acceptors (Lipinski definition) is 3. The van der Waals surface area contributed by atoms with Gasteiger partial charge in [-0.15, -0.1) is 0 Å². The van der Waals surface area contributed by atoms with E-state index in [1.165, 1.54) is 56.4 Å². The Balaban J connectivity index is 1.37. The highest BCUT2D eigenvalue weighted by Gasteiger charge is 2.08. The van der Waals surface area contributed by atoms with E-state index in [2.05, 4.69) is 54.3 Å². The maximum atomic E-state index is 4.35. The third kappa shape index (κ3) is 7.00. The van der Waals surface area contributed by atoms with E-state index in [9.17, 15) is 0 Å². The van der Waals surface area contributed by atoms with E-state index in [0.717, 1.165) is 32.0 Å². The first-order chi connectivity index (χ1) is 13.8. The molecule has 0 atom stereocenters. The molecule has 2 aromatic rings. The second kappa shape index (κ2) is 11.5. The summed E-state index contributed by atoms with van der Waals surface area (Å²) < 4.78 is 2.08. The van der Waals surface area contributed by atoms with E-state index >= 15 is 0 Å². The molecule has 152 valence electrons. The van der Waals surface area contributed by atoms with Crippen LogP contribution in [0.1, 0.15) is 43.2 Å². The molecule has 1 aromatic heterocycles. The highest BCUT2D eigenvalue weighted by atomic mass is 15.2. The predicted octanol–water partition coefficient (Wildman–Crippen LogP) is 2.86. The molecule has 0 bridgehead atoms. The van der Waals surface area contributed by atoms with Gasteiger partial charge >= 0.3 is 0 Å². The number of hydrogen-bond donors (Lipinski definition) is 2. The summed E-state index contributed by atoms with van der Waals surface area (Å²) in [6.07, 6.45) is 12.3. The minimum atomic E-state index is 0.767. The molecule has 6 nitrogen and oxygen atoms in total. The molecular formula is C22H34N6. The topological polar surface area (TPSA) is 57.5 Å². The third-order valence-corrected chi connectivity index (χ3v) is 5.24. The molecule has 2 N–H and O–H groups in total. The van der Waals surface area contributed by atoms with Crippen LogP contribution in [0.3, 0.4) is 0 Å². The molecule has 0 aliphatic carbocycles. The van der Waals surface area contributed by atoms with Crippen LogP contribution in [0.2, 0.25) is 0 Å². The van der Waals surface area contributed by atoms with Gasteiger partial charge in [-0.05, 0) is 50.0 Å². The first kappa shape index (κ1) is 20.4. The molecule has 0 amide bonds. The van der Waals surface area contributed by atoms with E-state index in [0.29, 0.717) is 0 Å². The van der Waals surface area contributed by atoms with E-state index in [-0.39, 0.29) is 0 Å². The van der Waals surface area contributed by atoms with Crippen molar-refractivity contribution >= 4 is 5.96 Å². The van der Waals surface area contributed by atoms with Gasteiger partial charge in [0.05, 0.1) is 6.33 Å². The lowest BCUT2D eigenvalue weighted by Gasteiger charge is -2.20. The molecule has 1 saturated heterocycles. The third-order valence-electron chi connectivity index (χ3n) is 5.24. The van der Waals surface area contributed by atoms with Crippen LogP contribution in [0.4, 0.5) is 0 Å². The van der Waals surface area contributed by atoms with Crippen LogP contribution >= 0.6 is 0 Å². The summed E-state index contributed by atoms with van der Waals surface area (Å²) in [6, 6.07) is 8.65. The van der Waals surface area contributed by atoms with Gasteiger partial charge in [0.1, 0.15) is 0 Å². The van der Waals surface area contributed by atoms with E-state index in [1.54, 1.807) is 0 Å². The molecule has 28 heavy (non-hydrogen) atoms. The van der Waals surface area contributed by atoms with Crippen LogP contribution in [0, 0.1) is 0 Å². The smallest absolute Gasteiger partial charge is 0.191 e. The monoisotopic (exact) mass is 382 g/mol. The number of imidazole rings is 1. The Kier molecular flexibility index (Phi) is 8.37. The first-order valence-electron chi connectivity index (χ1n) is 10.5. The fraction of sp³-hybridized carbons (Fsp3) is 0.545. The van der Waals surface area contributed by atoms with Crippen molar-refractivity contribution in [1.82, 2.24) is 25.1 Å². The Hall–Kier alpha value is -2.34. The van der Waals surface area contributed by atoms with Gasteiger partial charge in [-0.2, -0.15) is 0 Å². The Morgan fingerprint density at radius 2 is 1.93 bits per heavy atom. The van der Waals surface area contributed by atoms with E-state index < -0.39 is 0 Å². The van der Waals surface area contributed by atoms with Crippen molar-refractivity contribution in [3.8, 4) is 0 Å². The lowest BCUT2D eigenvalue weighted by Crippen LogP contribution is -2.38. The minimum Gasteiger partial charge on any atom is -0.356 e. The Morgan fingerprint density at radius 1 is 1.11 bits per heavy atom. The molecule has 3 rings (SSSR count). The van der Waals surface area contributed by atoms with Crippen LogP contribution < -0.4 is 10.6 Å². The van der Waals surface area contributed by atoms with E-state index in [4.69, 9.17) is 0 Å². The number of rotatable bonds is 8. The zero-order chi connectivity index (χ0) is 19.4. The SMILES string of the molecule is CN=C(NCCCN1CCCCCC1)NCc1cccc(Cn2ccnc2)c1. The van der Waals surface area contributed by atoms with Crippen molar-refractivity contribution in [3.05, 3.63) is 54.1 Å². The van der Waals surface area contributed by atoms with Crippen molar-refractivity contribution in [3.63, 3.8) is 0 Å². The summed E-state index contributed by atoms with van der Waals surface area (Å²) in [5.41, 5.74) is 2.53. The highest BCUT2D eigenvalue weighted by Crippen LogP contribution is 2.09. The molecule has 1 fully saturated rings. The van der Waals surface area contributed by atoms with Crippen molar-refractivity contribution in [2.24, 2.45) is 4.99 Å². The Morgan fingerprint density at radius 3 is 2.68 bits per heavy atom. The molecule has 0 radical (unpaired) electrons. The first-order valence-corrected chi connectivity index (χ1v) is 10.5. The summed E-state index contributed by atoms with van der Waals surface area (Å²) >= 11 is 0. The quantitative estimate of drug-likeness (QED) is 0.419. The maximum Gasteiger partial charge on any atom is 0.191 e. The molecule has 1 aromatic carbocycles. The van der Waals surface area contributed by atoms with Gasteiger partial charge in [0.15, 0.2) is 5.96 Å². The summed E-state index contributed by atoms with van der Waals surface area (Å²) in [4.78, 5) is 11.1. The van der Waals surface area contributed by atoms with Gasteiger partial charge in [-0.3, -0.25) is 4.99 Å². The second-order valence-corrected chi connectivity index (χ2v) is 7.52. The van der Waals surface area contributed by atoms with Crippen molar-refractivity contribution < 1.29 is 0 Å². The van der Waals surface area contributed by atoms with Gasteiger partial charge in [-0.1, -0.05) is 37.1 Å². The maximum absolute atomic E-state index is 4.35. The van der Waals surface area contributed by atoms with Gasteiger partial charge in [0.2, 0.25) is 0 Å². The lowest BCUT2D eigenvalue weighted by molar-refractivity contribution is 0.282. The fourth-order valence-corrected chi connectivity index (χ4v) is 3.70. The predicted molar refractivity (Wildman–Crippen MR) is 115 cm³/mol. The molecule has 0 spiro atoms. The van der Waals surface area contributed by atoms with Crippen LogP contribution in [0.25, 0.3) is 0 Å². The highest BCUT2D eigenvalue weighted by molar-refractivity contribution is 5.79. The molecule has 0 saturated carbocycles. The lowest BCUT2D eigenvalue weighted by atomic mass is 10.1. The van der Waals surface area contributed by atoms with Gasteiger partial charge in [0.25, 0.3) is 0 Å². The van der Waals surface area contributed by atoms with Gasteiger partial charge in [-0.25, -0.2) is 4.98 Å². The average molecular weight is 383 g/mol. The molecule has 6 heteroatoms. The van der Waals surface area contributed by atoms with Crippen molar-refractivity contribution in [2.75, 3.05) is 33.2 Å². The standard InChI is InChI=1S/C22H34N6/c1-23-22(25-10-7-14-27-12-4-2-3-5-13-27)26-17-20-8-6-9-21(16-20)18-28-15-11-24-19-28/h6,8-9,11,15-16,19H,2-5,7,10,12-14,17-18H2,1H3,(H2,23,25,26). The number of aliphatic imine (C=N–C) groups is 1. The zero-order valence-electron chi connectivity index (χ0n) is 17.1. The molecular weight excluding hydrogens is 348 g/mol. The van der Waals surface area contributed by atoms with Crippen molar-refractivity contribution in [2.45, 2.75) is 45.2 Å². The number of benzene rings is 1. The van der Waals surface area contributed by atoms with Gasteiger partial charge in [0, 0.05) is 39.1 Å². The number of nitrogens with zero attached hydrogens (tertiary/aromatic N) is 4. The second-order valence-electron chi connectivity index (χ2n) is 7.52. The van der Waals surface area contributed by atoms with Crippen LogP contribution in [-0.2, 0) is 13.1 Å². The molecule has 1 aliphatic rings. The van der Waals surface area contributed by atoms with E-state index in [1.807, 2.05) is 25.8 Å². The largest absolute Gasteiger partial charge is 0.356 e. The number of likely N-dealkylation sites (tertiary alicyclic amines) is 1. The minimum absolute atomic E-state index is 0.767. The zero-order valence-corrected chi connectivity index (χ0v) is 17.1. The fourth-order valence-electron chi connectivity index (χ4n) is 3.70. The van der Waals surface area contributed by atoms with Crippen LogP contribution in [0.5, 0.6) is 0 Å². The van der Waals surface area contributed by atoms with Gasteiger partial charge < -0.3 is 20.1 Å². The molecule has 1 aliphatic heterocycles. The number of aromatic nitrogens is 2. The molecule has 2 heterocycles. The summed E-state index contributed by atoms with van der Waals surface area (Å²) in [5.74, 6) is 0.871. The number of nitrogens with one attached hydrogen (secondary N) is 2. The summed E-state index contributed by atoms with van der Waals surface area (Å²) in [7, 11) is 1.83. The molecule has 0 unspecified atom stereocenters. The van der Waals surface area contributed by atoms with Crippen molar-refractivity contribution in [1.29, 1.82) is 0 Å². The normalized spacial score (nSPS) is 16.0.